The molecule has 3 rings (SSSR count). The maximum atomic E-state index is 2.50. The third-order valence-corrected chi connectivity index (χ3v) is 7.19. The Bertz CT molecular complexity index is 715. The first kappa shape index (κ1) is 20.2. The number of aryl methyl sites for hydroxylation is 2. The molecule has 2 aromatic rings. The van der Waals surface area contributed by atoms with Crippen LogP contribution in [0.3, 0.4) is 0 Å². The molecule has 0 amide bonds. The SMILES string of the molecule is CCC(C)CCC1(CCC(C)CC)c2cc(C)ccc2-c2ccc(C)cc21. The van der Waals surface area contributed by atoms with E-state index in [1.54, 1.807) is 11.1 Å². The van der Waals surface area contributed by atoms with Crippen molar-refractivity contribution in [3.8, 4) is 11.1 Å². The quantitative estimate of drug-likeness (QED) is 0.443. The molecule has 0 heteroatoms. The molecule has 1 aliphatic rings. The lowest BCUT2D eigenvalue weighted by Crippen LogP contribution is -2.27. The predicted octanol–water partition coefficient (Wildman–Crippen LogP) is 8.22. The maximum Gasteiger partial charge on any atom is 0.0215 e. The van der Waals surface area contributed by atoms with Gasteiger partial charge < -0.3 is 0 Å². The second kappa shape index (κ2) is 8.21. The fraction of sp³-hybridized carbons (Fsp3) is 0.556. The maximum absolute atomic E-state index is 2.50. The zero-order chi connectivity index (χ0) is 19.6. The van der Waals surface area contributed by atoms with E-state index in [2.05, 4.69) is 77.9 Å². The monoisotopic (exact) mass is 362 g/mol. The molecule has 146 valence electrons. The number of hydrogen-bond acceptors (Lipinski definition) is 0. The minimum atomic E-state index is 0.204. The van der Waals surface area contributed by atoms with Gasteiger partial charge in [-0.1, -0.05) is 88.1 Å². The van der Waals surface area contributed by atoms with Crippen molar-refractivity contribution < 1.29 is 0 Å². The second-order valence-electron chi connectivity index (χ2n) is 9.28. The van der Waals surface area contributed by atoms with Gasteiger partial charge in [0.25, 0.3) is 0 Å². The Morgan fingerprint density at radius 3 is 1.48 bits per heavy atom. The third-order valence-electron chi connectivity index (χ3n) is 7.19. The summed E-state index contributed by atoms with van der Waals surface area (Å²) in [6, 6.07) is 14.3. The average molecular weight is 363 g/mol. The zero-order valence-electron chi connectivity index (χ0n) is 18.4. The molecule has 0 radical (unpaired) electrons. The van der Waals surface area contributed by atoms with Gasteiger partial charge in [0, 0.05) is 5.41 Å². The van der Waals surface area contributed by atoms with E-state index in [-0.39, 0.29) is 5.41 Å². The third kappa shape index (κ3) is 3.86. The highest BCUT2D eigenvalue weighted by molar-refractivity contribution is 5.81. The van der Waals surface area contributed by atoms with Gasteiger partial charge in [-0.15, -0.1) is 0 Å². The lowest BCUT2D eigenvalue weighted by Gasteiger charge is -2.35. The molecule has 2 unspecified atom stereocenters. The van der Waals surface area contributed by atoms with Crippen molar-refractivity contribution in [3.05, 3.63) is 58.7 Å². The highest BCUT2D eigenvalue weighted by atomic mass is 14.5. The first-order valence-electron chi connectivity index (χ1n) is 11.1. The highest BCUT2D eigenvalue weighted by Crippen LogP contribution is 2.55. The lowest BCUT2D eigenvalue weighted by atomic mass is 9.69. The molecule has 0 aliphatic heterocycles. The molecular formula is C27H38. The Hall–Kier alpha value is -1.56. The predicted molar refractivity (Wildman–Crippen MR) is 120 cm³/mol. The standard InChI is InChI=1S/C27H38/c1-7-19(3)13-15-27(16-14-20(4)8-2)25-17-21(5)9-11-23(25)24-12-10-22(6)18-26(24)27/h9-12,17-20H,7-8,13-16H2,1-6H3. The summed E-state index contributed by atoms with van der Waals surface area (Å²) in [7, 11) is 0. The van der Waals surface area contributed by atoms with Crippen molar-refractivity contribution in [3.63, 3.8) is 0 Å². The van der Waals surface area contributed by atoms with Gasteiger partial charge in [-0.2, -0.15) is 0 Å². The molecule has 0 heterocycles. The lowest BCUT2D eigenvalue weighted by molar-refractivity contribution is 0.344. The fourth-order valence-electron chi connectivity index (χ4n) is 4.78. The summed E-state index contributed by atoms with van der Waals surface area (Å²) < 4.78 is 0. The van der Waals surface area contributed by atoms with E-state index in [1.807, 2.05) is 0 Å². The van der Waals surface area contributed by atoms with E-state index in [0.29, 0.717) is 0 Å². The van der Waals surface area contributed by atoms with Crippen LogP contribution in [0.15, 0.2) is 36.4 Å². The van der Waals surface area contributed by atoms with Crippen LogP contribution in [0.2, 0.25) is 0 Å². The van der Waals surface area contributed by atoms with Crippen molar-refractivity contribution in [1.29, 1.82) is 0 Å². The number of rotatable bonds is 8. The van der Waals surface area contributed by atoms with Gasteiger partial charge >= 0.3 is 0 Å². The summed E-state index contributed by atoms with van der Waals surface area (Å²) in [6.45, 7) is 14.0. The Balaban J connectivity index is 2.14. The van der Waals surface area contributed by atoms with E-state index in [0.717, 1.165) is 11.8 Å². The molecule has 2 atom stereocenters. The van der Waals surface area contributed by atoms with Gasteiger partial charge in [-0.3, -0.25) is 0 Å². The Labute approximate surface area is 167 Å². The molecule has 2 aromatic carbocycles. The summed E-state index contributed by atoms with van der Waals surface area (Å²) in [6.07, 6.45) is 7.76. The van der Waals surface area contributed by atoms with Gasteiger partial charge in [0.15, 0.2) is 0 Å². The summed E-state index contributed by atoms with van der Waals surface area (Å²) in [4.78, 5) is 0. The first-order valence-corrected chi connectivity index (χ1v) is 11.1. The molecule has 0 N–H and O–H groups in total. The van der Waals surface area contributed by atoms with Crippen molar-refractivity contribution in [2.24, 2.45) is 11.8 Å². The van der Waals surface area contributed by atoms with Crippen LogP contribution < -0.4 is 0 Å². The van der Waals surface area contributed by atoms with Crippen molar-refractivity contribution in [1.82, 2.24) is 0 Å². The van der Waals surface area contributed by atoms with Crippen molar-refractivity contribution in [2.75, 3.05) is 0 Å². The van der Waals surface area contributed by atoms with Crippen molar-refractivity contribution >= 4 is 0 Å². The number of fused-ring (bicyclic) bond motifs is 3. The summed E-state index contributed by atoms with van der Waals surface area (Å²) in [5, 5.41) is 0. The number of benzene rings is 2. The minimum absolute atomic E-state index is 0.204. The van der Waals surface area contributed by atoms with Crippen LogP contribution in [0.4, 0.5) is 0 Å². The van der Waals surface area contributed by atoms with Crippen LogP contribution in [-0.2, 0) is 5.41 Å². The molecule has 0 bridgehead atoms. The van der Waals surface area contributed by atoms with E-state index in [9.17, 15) is 0 Å². The van der Waals surface area contributed by atoms with Crippen LogP contribution in [0.5, 0.6) is 0 Å². The largest absolute Gasteiger partial charge is 0.0651 e. The van der Waals surface area contributed by atoms with E-state index < -0.39 is 0 Å². The van der Waals surface area contributed by atoms with Crippen LogP contribution >= 0.6 is 0 Å². The van der Waals surface area contributed by atoms with Crippen LogP contribution in [-0.4, -0.2) is 0 Å². The number of hydrogen-bond donors (Lipinski definition) is 0. The molecule has 0 saturated heterocycles. The molecule has 0 spiro atoms. The summed E-state index contributed by atoms with van der Waals surface area (Å²) >= 11 is 0. The van der Waals surface area contributed by atoms with Gasteiger partial charge in [0.1, 0.15) is 0 Å². The average Bonchev–Trinajstić information content (AvgIpc) is 2.93. The van der Waals surface area contributed by atoms with Gasteiger partial charge in [0.2, 0.25) is 0 Å². The van der Waals surface area contributed by atoms with E-state index in [1.165, 1.54) is 60.8 Å². The van der Waals surface area contributed by atoms with Crippen LogP contribution in [0.25, 0.3) is 11.1 Å². The molecule has 0 nitrogen and oxygen atoms in total. The Morgan fingerprint density at radius 2 is 1.11 bits per heavy atom. The Kier molecular flexibility index (Phi) is 6.14. The van der Waals surface area contributed by atoms with E-state index in [4.69, 9.17) is 0 Å². The molecule has 0 aromatic heterocycles. The van der Waals surface area contributed by atoms with E-state index >= 15 is 0 Å². The van der Waals surface area contributed by atoms with Gasteiger partial charge in [-0.05, 0) is 73.6 Å². The summed E-state index contributed by atoms with van der Waals surface area (Å²) in [5.41, 5.74) is 9.19. The molecule has 0 saturated carbocycles. The van der Waals surface area contributed by atoms with Crippen LogP contribution in [0.1, 0.15) is 88.5 Å². The molecular weight excluding hydrogens is 324 g/mol. The fourth-order valence-corrected chi connectivity index (χ4v) is 4.78. The molecule has 27 heavy (non-hydrogen) atoms. The molecule has 0 fully saturated rings. The van der Waals surface area contributed by atoms with Gasteiger partial charge in [-0.25, -0.2) is 0 Å². The highest BCUT2D eigenvalue weighted by Gasteiger charge is 2.42. The Morgan fingerprint density at radius 1 is 0.704 bits per heavy atom. The van der Waals surface area contributed by atoms with Gasteiger partial charge in [0.05, 0.1) is 0 Å². The zero-order valence-corrected chi connectivity index (χ0v) is 18.4. The minimum Gasteiger partial charge on any atom is -0.0651 e. The topological polar surface area (TPSA) is 0 Å². The summed E-state index contributed by atoms with van der Waals surface area (Å²) in [5.74, 6) is 1.60. The normalized spacial score (nSPS) is 16.7. The first-order chi connectivity index (χ1) is 12.9. The van der Waals surface area contributed by atoms with Crippen molar-refractivity contribution in [2.45, 2.75) is 85.5 Å². The second-order valence-corrected chi connectivity index (χ2v) is 9.28. The smallest absolute Gasteiger partial charge is 0.0215 e. The van der Waals surface area contributed by atoms with Crippen LogP contribution in [0, 0.1) is 25.7 Å². The molecule has 1 aliphatic carbocycles.